The number of nitrogens with zero attached hydrogens (tertiary/aromatic N) is 1. The van der Waals surface area contributed by atoms with Gasteiger partial charge in [-0.1, -0.05) is 13.3 Å². The molecule has 0 radical (unpaired) electrons. The maximum Gasteiger partial charge on any atom is 0.243 e. The third-order valence-corrected chi connectivity index (χ3v) is 5.82. The van der Waals surface area contributed by atoms with E-state index in [1.165, 1.54) is 4.31 Å². The second kappa shape index (κ2) is 7.58. The Balaban J connectivity index is 2.20. The summed E-state index contributed by atoms with van der Waals surface area (Å²) in [5.74, 6) is 0.567. The van der Waals surface area contributed by atoms with E-state index in [1.807, 2.05) is 0 Å². The van der Waals surface area contributed by atoms with Gasteiger partial charge < -0.3 is 9.47 Å². The lowest BCUT2D eigenvalue weighted by Gasteiger charge is -2.26. The van der Waals surface area contributed by atoms with Crippen LogP contribution >= 0.6 is 15.9 Å². The Hall–Kier alpha value is -0.630. The number of benzene rings is 1. The van der Waals surface area contributed by atoms with Crippen molar-refractivity contribution in [1.29, 1.82) is 0 Å². The van der Waals surface area contributed by atoms with E-state index in [-0.39, 0.29) is 4.90 Å². The summed E-state index contributed by atoms with van der Waals surface area (Å²) in [5.41, 5.74) is 0. The number of ether oxygens (including phenoxy) is 2. The molecule has 0 bridgehead atoms. The van der Waals surface area contributed by atoms with E-state index in [4.69, 9.17) is 9.47 Å². The van der Waals surface area contributed by atoms with E-state index in [0.29, 0.717) is 38.7 Å². The largest absolute Gasteiger partial charge is 0.492 e. The lowest BCUT2D eigenvalue weighted by molar-refractivity contribution is 0.0730. The highest BCUT2D eigenvalue weighted by molar-refractivity contribution is 9.10. The topological polar surface area (TPSA) is 55.8 Å². The van der Waals surface area contributed by atoms with Crippen LogP contribution < -0.4 is 4.74 Å². The van der Waals surface area contributed by atoms with Crippen molar-refractivity contribution in [3.8, 4) is 5.75 Å². The zero-order valence-corrected chi connectivity index (χ0v) is 14.5. The van der Waals surface area contributed by atoms with E-state index in [2.05, 4.69) is 22.9 Å². The lowest BCUT2D eigenvalue weighted by Crippen LogP contribution is -2.40. The van der Waals surface area contributed by atoms with Crippen molar-refractivity contribution in [3.05, 3.63) is 22.7 Å². The van der Waals surface area contributed by atoms with Crippen LogP contribution in [0.15, 0.2) is 27.6 Å². The van der Waals surface area contributed by atoms with Crippen molar-refractivity contribution in [2.75, 3.05) is 32.9 Å². The number of unbranched alkanes of at least 4 members (excludes halogenated alkanes) is 1. The minimum Gasteiger partial charge on any atom is -0.492 e. The highest BCUT2D eigenvalue weighted by Gasteiger charge is 2.27. The molecule has 0 aromatic heterocycles. The average Bonchev–Trinajstić information content (AvgIpc) is 2.50. The molecule has 118 valence electrons. The van der Waals surface area contributed by atoms with E-state index < -0.39 is 10.0 Å². The standard InChI is InChI=1S/C14H20BrNO4S/c1-2-3-8-20-14-11-12(4-5-13(14)15)21(17,18)16-6-9-19-10-7-16/h4-5,11H,2-3,6-10H2,1H3. The molecule has 1 aromatic rings. The van der Waals surface area contributed by atoms with E-state index in [0.717, 1.165) is 17.3 Å². The van der Waals surface area contributed by atoms with Crippen LogP contribution in [0.1, 0.15) is 19.8 Å². The molecule has 1 aliphatic rings. The Morgan fingerprint density at radius 2 is 2.05 bits per heavy atom. The predicted octanol–water partition coefficient (Wildman–Crippen LogP) is 2.65. The van der Waals surface area contributed by atoms with Gasteiger partial charge in [0.1, 0.15) is 5.75 Å². The first-order valence-corrected chi connectivity index (χ1v) is 9.29. The lowest BCUT2D eigenvalue weighted by atomic mass is 10.3. The fourth-order valence-electron chi connectivity index (χ4n) is 2.02. The van der Waals surface area contributed by atoms with Crippen LogP contribution in [0.25, 0.3) is 0 Å². The molecule has 0 atom stereocenters. The highest BCUT2D eigenvalue weighted by Crippen LogP contribution is 2.29. The summed E-state index contributed by atoms with van der Waals surface area (Å²) in [4.78, 5) is 0.263. The SMILES string of the molecule is CCCCOc1cc(S(=O)(=O)N2CCOCC2)ccc1Br. The average molecular weight is 378 g/mol. The van der Waals surface area contributed by atoms with Gasteiger partial charge in [0, 0.05) is 19.2 Å². The zero-order chi connectivity index (χ0) is 15.3. The van der Waals surface area contributed by atoms with Gasteiger partial charge in [-0.2, -0.15) is 4.31 Å². The summed E-state index contributed by atoms with van der Waals surface area (Å²) in [5, 5.41) is 0. The molecule has 0 N–H and O–H groups in total. The molecule has 0 spiro atoms. The molecule has 1 heterocycles. The van der Waals surface area contributed by atoms with E-state index >= 15 is 0 Å². The summed E-state index contributed by atoms with van der Waals surface area (Å²) < 4.78 is 38.2. The zero-order valence-electron chi connectivity index (χ0n) is 12.0. The molecule has 0 amide bonds. The second-order valence-electron chi connectivity index (χ2n) is 4.81. The van der Waals surface area contributed by atoms with Gasteiger partial charge in [-0.25, -0.2) is 8.42 Å². The predicted molar refractivity (Wildman–Crippen MR) is 84.1 cm³/mol. The summed E-state index contributed by atoms with van der Waals surface area (Å²) in [6.45, 7) is 4.33. The van der Waals surface area contributed by atoms with Gasteiger partial charge in [0.05, 0.1) is 29.2 Å². The van der Waals surface area contributed by atoms with Crippen LogP contribution in [0, 0.1) is 0 Å². The molecular formula is C14H20BrNO4S. The van der Waals surface area contributed by atoms with Crippen molar-refractivity contribution in [2.24, 2.45) is 0 Å². The first kappa shape index (κ1) is 16.7. The van der Waals surface area contributed by atoms with Crippen LogP contribution in [0.2, 0.25) is 0 Å². The van der Waals surface area contributed by atoms with Crippen molar-refractivity contribution in [1.82, 2.24) is 4.31 Å². The van der Waals surface area contributed by atoms with Crippen molar-refractivity contribution in [2.45, 2.75) is 24.7 Å². The van der Waals surface area contributed by atoms with Gasteiger partial charge in [0.25, 0.3) is 0 Å². The molecule has 0 aliphatic carbocycles. The number of hydrogen-bond donors (Lipinski definition) is 0. The van der Waals surface area contributed by atoms with Gasteiger partial charge in [0.2, 0.25) is 10.0 Å². The van der Waals surface area contributed by atoms with E-state index in [9.17, 15) is 8.42 Å². The molecule has 1 saturated heterocycles. The van der Waals surface area contributed by atoms with Crippen LogP contribution in [-0.2, 0) is 14.8 Å². The first-order chi connectivity index (χ1) is 10.1. The van der Waals surface area contributed by atoms with Crippen molar-refractivity contribution < 1.29 is 17.9 Å². The number of rotatable bonds is 6. The summed E-state index contributed by atoms with van der Waals surface area (Å²) in [7, 11) is -3.48. The van der Waals surface area contributed by atoms with Crippen molar-refractivity contribution >= 4 is 26.0 Å². The molecular weight excluding hydrogens is 358 g/mol. The summed E-state index contributed by atoms with van der Waals surface area (Å²) >= 11 is 3.39. The quantitative estimate of drug-likeness (QED) is 0.715. The number of hydrogen-bond acceptors (Lipinski definition) is 4. The van der Waals surface area contributed by atoms with Gasteiger partial charge in [-0.3, -0.25) is 0 Å². The fraction of sp³-hybridized carbons (Fsp3) is 0.571. The monoisotopic (exact) mass is 377 g/mol. The Bertz CT molecular complexity index is 570. The molecule has 0 unspecified atom stereocenters. The molecule has 7 heteroatoms. The second-order valence-corrected chi connectivity index (χ2v) is 7.60. The van der Waals surface area contributed by atoms with Gasteiger partial charge >= 0.3 is 0 Å². The Labute approximate surface area is 134 Å². The number of halogens is 1. The molecule has 0 saturated carbocycles. The fourth-order valence-corrected chi connectivity index (χ4v) is 3.80. The van der Waals surface area contributed by atoms with Gasteiger partial charge in [-0.15, -0.1) is 0 Å². The molecule has 21 heavy (non-hydrogen) atoms. The molecule has 5 nitrogen and oxygen atoms in total. The van der Waals surface area contributed by atoms with Crippen molar-refractivity contribution in [3.63, 3.8) is 0 Å². The highest BCUT2D eigenvalue weighted by atomic mass is 79.9. The minimum atomic E-state index is -3.48. The van der Waals surface area contributed by atoms with Gasteiger partial charge in [0.15, 0.2) is 0 Å². The van der Waals surface area contributed by atoms with Crippen LogP contribution in [-0.4, -0.2) is 45.6 Å². The molecule has 1 aromatic carbocycles. The third kappa shape index (κ3) is 4.18. The maximum absolute atomic E-state index is 12.6. The number of morpholine rings is 1. The summed E-state index contributed by atoms with van der Waals surface area (Å²) in [6, 6.07) is 4.90. The summed E-state index contributed by atoms with van der Waals surface area (Å²) in [6.07, 6.45) is 1.97. The maximum atomic E-state index is 12.6. The Kier molecular flexibility index (Phi) is 6.04. The Morgan fingerprint density at radius 1 is 1.33 bits per heavy atom. The number of sulfonamides is 1. The normalized spacial score (nSPS) is 16.9. The molecule has 2 rings (SSSR count). The molecule has 1 fully saturated rings. The third-order valence-electron chi connectivity index (χ3n) is 3.27. The van der Waals surface area contributed by atoms with Crippen LogP contribution in [0.5, 0.6) is 5.75 Å². The Morgan fingerprint density at radius 3 is 2.71 bits per heavy atom. The van der Waals surface area contributed by atoms with Crippen LogP contribution in [0.4, 0.5) is 0 Å². The first-order valence-electron chi connectivity index (χ1n) is 7.06. The minimum absolute atomic E-state index is 0.263. The van der Waals surface area contributed by atoms with E-state index in [1.54, 1.807) is 18.2 Å². The molecule has 1 aliphatic heterocycles. The van der Waals surface area contributed by atoms with Crippen LogP contribution in [0.3, 0.4) is 0 Å². The van der Waals surface area contributed by atoms with Gasteiger partial charge in [-0.05, 0) is 34.5 Å². The smallest absolute Gasteiger partial charge is 0.243 e.